The molecule has 142 valence electrons. The van der Waals surface area contributed by atoms with E-state index < -0.39 is 0 Å². The van der Waals surface area contributed by atoms with Gasteiger partial charge < -0.3 is 20.1 Å². The van der Waals surface area contributed by atoms with Crippen LogP contribution in [0.1, 0.15) is 34.5 Å². The van der Waals surface area contributed by atoms with Crippen molar-refractivity contribution >= 4 is 11.8 Å². The first-order chi connectivity index (χ1) is 13.0. The standard InChI is InChI=1S/C21H24N2O4/c1-5-20(24)22-13-15-6-8-16(9-7-15)21(25)23-14(2)18-11-10-17(26-3)12-19(18)27-4/h5-12,14H,1,13H2,2-4H3,(H,22,24)(H,23,25). The second-order valence-electron chi connectivity index (χ2n) is 5.92. The van der Waals surface area contributed by atoms with E-state index in [1.54, 1.807) is 44.6 Å². The average Bonchev–Trinajstić information content (AvgIpc) is 2.71. The Balaban J connectivity index is 2.04. The van der Waals surface area contributed by atoms with Crippen molar-refractivity contribution in [2.45, 2.75) is 19.5 Å². The fraction of sp³-hybridized carbons (Fsp3) is 0.238. The van der Waals surface area contributed by atoms with Gasteiger partial charge in [-0.2, -0.15) is 0 Å². The van der Waals surface area contributed by atoms with E-state index in [1.165, 1.54) is 6.08 Å². The molecule has 0 saturated heterocycles. The molecule has 1 atom stereocenters. The van der Waals surface area contributed by atoms with Crippen molar-refractivity contribution in [2.75, 3.05) is 14.2 Å². The highest BCUT2D eigenvalue weighted by molar-refractivity contribution is 5.94. The van der Waals surface area contributed by atoms with E-state index in [0.29, 0.717) is 23.6 Å². The quantitative estimate of drug-likeness (QED) is 0.703. The number of ether oxygens (including phenoxy) is 2. The highest BCUT2D eigenvalue weighted by Crippen LogP contribution is 2.29. The van der Waals surface area contributed by atoms with E-state index in [-0.39, 0.29) is 17.9 Å². The summed E-state index contributed by atoms with van der Waals surface area (Å²) >= 11 is 0. The summed E-state index contributed by atoms with van der Waals surface area (Å²) < 4.78 is 10.6. The first kappa shape index (κ1) is 20.0. The maximum absolute atomic E-state index is 12.5. The number of hydrogen-bond donors (Lipinski definition) is 2. The zero-order chi connectivity index (χ0) is 19.8. The lowest BCUT2D eigenvalue weighted by atomic mass is 10.1. The van der Waals surface area contributed by atoms with Crippen LogP contribution in [-0.4, -0.2) is 26.0 Å². The number of rotatable bonds is 8. The van der Waals surface area contributed by atoms with Gasteiger partial charge in [-0.1, -0.05) is 18.7 Å². The number of methoxy groups -OCH3 is 2. The predicted octanol–water partition coefficient (Wildman–Crippen LogP) is 3.00. The zero-order valence-corrected chi connectivity index (χ0v) is 15.7. The molecule has 2 N–H and O–H groups in total. The molecule has 0 aromatic heterocycles. The maximum atomic E-state index is 12.5. The molecule has 2 amide bonds. The fourth-order valence-electron chi connectivity index (χ4n) is 2.57. The number of nitrogens with one attached hydrogen (secondary N) is 2. The van der Waals surface area contributed by atoms with Gasteiger partial charge in [0.25, 0.3) is 5.91 Å². The van der Waals surface area contributed by atoms with Gasteiger partial charge >= 0.3 is 0 Å². The molecule has 0 fully saturated rings. The molecule has 1 unspecified atom stereocenters. The normalized spacial score (nSPS) is 11.2. The predicted molar refractivity (Wildman–Crippen MR) is 104 cm³/mol. The third kappa shape index (κ3) is 5.34. The van der Waals surface area contributed by atoms with Crippen molar-refractivity contribution in [1.29, 1.82) is 0 Å². The highest BCUT2D eigenvalue weighted by Gasteiger charge is 2.16. The van der Waals surface area contributed by atoms with Crippen molar-refractivity contribution in [1.82, 2.24) is 10.6 Å². The molecule has 0 aliphatic rings. The first-order valence-electron chi connectivity index (χ1n) is 8.50. The van der Waals surface area contributed by atoms with E-state index in [9.17, 15) is 9.59 Å². The molecule has 2 aromatic carbocycles. The molecule has 6 heteroatoms. The second-order valence-corrected chi connectivity index (χ2v) is 5.92. The van der Waals surface area contributed by atoms with Crippen molar-refractivity contribution in [3.8, 4) is 11.5 Å². The van der Waals surface area contributed by atoms with Gasteiger partial charge in [0, 0.05) is 23.7 Å². The number of benzene rings is 2. The lowest BCUT2D eigenvalue weighted by Crippen LogP contribution is -2.27. The Morgan fingerprint density at radius 1 is 1.11 bits per heavy atom. The molecule has 0 bridgehead atoms. The summed E-state index contributed by atoms with van der Waals surface area (Å²) in [5.41, 5.74) is 2.29. The summed E-state index contributed by atoms with van der Waals surface area (Å²) in [6.07, 6.45) is 1.22. The number of carbonyl (C=O) groups excluding carboxylic acids is 2. The third-order valence-corrected chi connectivity index (χ3v) is 4.12. The van der Waals surface area contributed by atoms with E-state index >= 15 is 0 Å². The lowest BCUT2D eigenvalue weighted by Gasteiger charge is -2.18. The van der Waals surface area contributed by atoms with Crippen LogP contribution in [0.4, 0.5) is 0 Å². The summed E-state index contributed by atoms with van der Waals surface area (Å²) in [6.45, 7) is 5.68. The molecule has 0 aliphatic carbocycles. The van der Waals surface area contributed by atoms with Crippen LogP contribution >= 0.6 is 0 Å². The molecule has 6 nitrogen and oxygen atoms in total. The molecule has 0 radical (unpaired) electrons. The minimum absolute atomic E-state index is 0.193. The molecule has 27 heavy (non-hydrogen) atoms. The van der Waals surface area contributed by atoms with Crippen LogP contribution in [0.3, 0.4) is 0 Å². The zero-order valence-electron chi connectivity index (χ0n) is 15.7. The van der Waals surface area contributed by atoms with Crippen LogP contribution in [0, 0.1) is 0 Å². The summed E-state index contributed by atoms with van der Waals surface area (Å²) in [6, 6.07) is 12.3. The third-order valence-electron chi connectivity index (χ3n) is 4.12. The minimum Gasteiger partial charge on any atom is -0.497 e. The van der Waals surface area contributed by atoms with Crippen LogP contribution in [0.5, 0.6) is 11.5 Å². The Hall–Kier alpha value is -3.28. The second kappa shape index (κ2) is 9.43. The van der Waals surface area contributed by atoms with Crippen LogP contribution in [-0.2, 0) is 11.3 Å². The summed E-state index contributed by atoms with van der Waals surface area (Å²) in [5, 5.41) is 5.65. The van der Waals surface area contributed by atoms with Gasteiger partial charge in [0.05, 0.1) is 20.3 Å². The fourth-order valence-corrected chi connectivity index (χ4v) is 2.57. The molecule has 0 spiro atoms. The van der Waals surface area contributed by atoms with Crippen molar-refractivity contribution in [3.63, 3.8) is 0 Å². The van der Waals surface area contributed by atoms with E-state index in [0.717, 1.165) is 11.1 Å². The smallest absolute Gasteiger partial charge is 0.251 e. The highest BCUT2D eigenvalue weighted by atomic mass is 16.5. The van der Waals surface area contributed by atoms with E-state index in [4.69, 9.17) is 9.47 Å². The largest absolute Gasteiger partial charge is 0.497 e. The summed E-state index contributed by atoms with van der Waals surface area (Å²) in [5.74, 6) is 0.907. The van der Waals surface area contributed by atoms with Crippen LogP contribution in [0.15, 0.2) is 55.1 Å². The molecule has 2 rings (SSSR count). The Morgan fingerprint density at radius 2 is 1.81 bits per heavy atom. The van der Waals surface area contributed by atoms with Crippen LogP contribution in [0.2, 0.25) is 0 Å². The average molecular weight is 368 g/mol. The number of carbonyl (C=O) groups is 2. The van der Waals surface area contributed by atoms with Gasteiger partial charge in [0.2, 0.25) is 5.91 Å². The Kier molecular flexibility index (Phi) is 7.00. The molecule has 0 aliphatic heterocycles. The molecule has 0 saturated carbocycles. The molecule has 2 aromatic rings. The minimum atomic E-state index is -0.245. The monoisotopic (exact) mass is 368 g/mol. The summed E-state index contributed by atoms with van der Waals surface area (Å²) in [7, 11) is 3.17. The molecular formula is C21H24N2O4. The van der Waals surface area contributed by atoms with Crippen molar-refractivity contribution in [2.24, 2.45) is 0 Å². The molecule has 0 heterocycles. The van der Waals surface area contributed by atoms with Gasteiger partial charge in [0.1, 0.15) is 11.5 Å². The topological polar surface area (TPSA) is 76.7 Å². The van der Waals surface area contributed by atoms with Gasteiger partial charge in [-0.15, -0.1) is 0 Å². The Bertz CT molecular complexity index is 815. The van der Waals surface area contributed by atoms with E-state index in [2.05, 4.69) is 17.2 Å². The van der Waals surface area contributed by atoms with Gasteiger partial charge in [-0.05, 0) is 42.8 Å². The van der Waals surface area contributed by atoms with Crippen molar-refractivity contribution < 1.29 is 19.1 Å². The Labute approximate surface area is 159 Å². The summed E-state index contributed by atoms with van der Waals surface area (Å²) in [4.78, 5) is 23.7. The number of amides is 2. The maximum Gasteiger partial charge on any atom is 0.251 e. The van der Waals surface area contributed by atoms with Crippen LogP contribution in [0.25, 0.3) is 0 Å². The van der Waals surface area contributed by atoms with Gasteiger partial charge in [-0.3, -0.25) is 9.59 Å². The number of hydrogen-bond acceptors (Lipinski definition) is 4. The molecular weight excluding hydrogens is 344 g/mol. The van der Waals surface area contributed by atoms with Gasteiger partial charge in [-0.25, -0.2) is 0 Å². The van der Waals surface area contributed by atoms with Crippen molar-refractivity contribution in [3.05, 3.63) is 71.8 Å². The SMILES string of the molecule is C=CC(=O)NCc1ccc(C(=O)NC(C)c2ccc(OC)cc2OC)cc1. The Morgan fingerprint density at radius 3 is 2.41 bits per heavy atom. The van der Waals surface area contributed by atoms with E-state index in [1.807, 2.05) is 19.1 Å². The first-order valence-corrected chi connectivity index (χ1v) is 8.50. The van der Waals surface area contributed by atoms with Crippen LogP contribution < -0.4 is 20.1 Å². The van der Waals surface area contributed by atoms with Gasteiger partial charge in [0.15, 0.2) is 0 Å². The lowest BCUT2D eigenvalue weighted by molar-refractivity contribution is -0.116.